The summed E-state index contributed by atoms with van der Waals surface area (Å²) in [5.74, 6) is -12.1. The van der Waals surface area contributed by atoms with Gasteiger partial charge in [0, 0.05) is 99.3 Å². The maximum absolute atomic E-state index is 15.1. The summed E-state index contributed by atoms with van der Waals surface area (Å²) < 4.78 is 11.1. The Morgan fingerprint density at radius 3 is 1.38 bits per heavy atom. The van der Waals surface area contributed by atoms with Crippen LogP contribution in [0, 0.1) is 59.2 Å². The Labute approximate surface area is 545 Å². The van der Waals surface area contributed by atoms with Crippen LogP contribution in [0.25, 0.3) is 0 Å². The van der Waals surface area contributed by atoms with E-state index < -0.39 is 137 Å². The van der Waals surface area contributed by atoms with Gasteiger partial charge in [0.15, 0.2) is 11.6 Å². The quantitative estimate of drug-likeness (QED) is 0.0430. The number of carboxylic acids is 1. The van der Waals surface area contributed by atoms with Crippen LogP contribution < -0.4 is 10.6 Å². The van der Waals surface area contributed by atoms with Gasteiger partial charge >= 0.3 is 11.9 Å². The molecule has 0 saturated carbocycles. The zero-order chi connectivity index (χ0) is 71.0. The Kier molecular flexibility index (Phi) is 37.4. The van der Waals surface area contributed by atoms with Crippen molar-refractivity contribution in [2.45, 2.75) is 230 Å². The topological polar surface area (TPSA) is 287 Å². The van der Waals surface area contributed by atoms with E-state index in [1.54, 1.807) is 75.6 Å². The molecule has 0 aliphatic heterocycles. The van der Waals surface area contributed by atoms with Crippen molar-refractivity contribution in [2.24, 2.45) is 59.2 Å². The smallest absolute Gasteiger partial charge is 0.326 e. The normalized spacial score (nSPS) is 16.5. The van der Waals surface area contributed by atoms with Crippen molar-refractivity contribution < 1.29 is 72.1 Å². The van der Waals surface area contributed by atoms with E-state index in [4.69, 9.17) is 9.47 Å². The van der Waals surface area contributed by atoms with E-state index in [-0.39, 0.29) is 98.5 Å². The number of esters is 1. The molecule has 0 heterocycles. The number of rotatable bonds is 42. The van der Waals surface area contributed by atoms with Gasteiger partial charge in [0.2, 0.25) is 41.4 Å². The maximum Gasteiger partial charge on any atom is 0.326 e. The molecule has 0 rings (SSSR count). The zero-order valence-electron chi connectivity index (χ0n) is 60.3. The highest BCUT2D eigenvalue weighted by Crippen LogP contribution is 2.30. The van der Waals surface area contributed by atoms with E-state index in [1.807, 2.05) is 68.4 Å². The highest BCUT2D eigenvalue weighted by Gasteiger charge is 2.47. The lowest BCUT2D eigenvalue weighted by Gasteiger charge is -2.42. The monoisotopic (exact) mass is 1290 g/mol. The summed E-state index contributed by atoms with van der Waals surface area (Å²) in [5.41, 5.74) is 0. The van der Waals surface area contributed by atoms with Gasteiger partial charge in [-0.2, -0.15) is 0 Å². The van der Waals surface area contributed by atoms with E-state index in [0.29, 0.717) is 6.42 Å². The summed E-state index contributed by atoms with van der Waals surface area (Å²) in [7, 11) is 12.0. The molecule has 3 N–H and O–H groups in total. The van der Waals surface area contributed by atoms with Gasteiger partial charge in [-0.1, -0.05) is 116 Å². The van der Waals surface area contributed by atoms with E-state index in [0.717, 1.165) is 11.8 Å². The first-order valence-electron chi connectivity index (χ1n) is 32.7. The minimum atomic E-state index is -1.55. The van der Waals surface area contributed by atoms with Crippen LogP contribution in [0.3, 0.4) is 0 Å². The molecule has 0 aromatic rings. The number of amides is 7. The number of carboxylic acid groups (broad SMARTS) is 1. The Morgan fingerprint density at radius 2 is 0.956 bits per heavy atom. The van der Waals surface area contributed by atoms with Crippen LogP contribution in [-0.4, -0.2) is 223 Å². The molecule has 0 aliphatic rings. The van der Waals surface area contributed by atoms with Crippen molar-refractivity contribution in [3.8, 4) is 0 Å². The van der Waals surface area contributed by atoms with Gasteiger partial charge in [0.1, 0.15) is 42.1 Å². The fraction of sp³-hybridized carbons (Fsp3) is 0.794. The maximum atomic E-state index is 15.1. The summed E-state index contributed by atoms with van der Waals surface area (Å²) >= 11 is 0. The number of Topliss-reactive ketones (excluding diaryl/α,β-unsaturated/α-hetero) is 3. The third-order valence-corrected chi connectivity index (χ3v) is 17.5. The molecule has 0 aromatic heterocycles. The van der Waals surface area contributed by atoms with Crippen molar-refractivity contribution in [3.63, 3.8) is 0 Å². The SMILES string of the molecule is C/C=C/C[C@@H](C)[C@@H](OC(C)=O)[C@@H](C(=O)N[C@@H](CC)C(=O)O)N(C)C(=O)[C@H](C(C)C)N(C)C(=O)[C@H](CC(C)C)N(C)C(=O)[C@H](CC(C)C)N(C)C(=O)[C@@H](C)CC(=O)[C@H](C)CC(=O)[C@H](CC(C)C)N(C)C(=O)[C@@H](CC(=O)[C@H]([C@H](C)COC)N(C)C(=O)[C@@H](C)NC)C(C)C. The van der Waals surface area contributed by atoms with Crippen LogP contribution in [0.15, 0.2) is 12.2 Å². The number of carbonyl (C=O) groups excluding carboxylic acids is 11. The number of ketones is 3. The summed E-state index contributed by atoms with van der Waals surface area (Å²) in [4.78, 5) is 177. The average molecular weight is 1290 g/mol. The largest absolute Gasteiger partial charge is 0.480 e. The molecule has 0 unspecified atom stereocenters. The van der Waals surface area contributed by atoms with Gasteiger partial charge in [-0.25, -0.2) is 4.79 Å². The van der Waals surface area contributed by atoms with Gasteiger partial charge < -0.3 is 54.6 Å². The Hall–Kier alpha value is -6.10. The number of nitrogens with one attached hydrogen (secondary N) is 2. The second-order valence-electron chi connectivity index (χ2n) is 27.5. The highest BCUT2D eigenvalue weighted by atomic mass is 16.5. The van der Waals surface area contributed by atoms with Crippen LogP contribution in [0.1, 0.15) is 176 Å². The van der Waals surface area contributed by atoms with Crippen LogP contribution in [0.4, 0.5) is 0 Å². The van der Waals surface area contributed by atoms with Gasteiger partial charge in [-0.05, 0) is 88.5 Å². The Bertz CT molecular complexity index is 2460. The molecule has 23 heteroatoms. The number of methoxy groups -OCH3 is 1. The van der Waals surface area contributed by atoms with Crippen LogP contribution in [-0.2, 0) is 67.0 Å². The van der Waals surface area contributed by atoms with Crippen LogP contribution in [0.2, 0.25) is 0 Å². The van der Waals surface area contributed by atoms with Gasteiger partial charge in [-0.3, -0.25) is 52.7 Å². The summed E-state index contributed by atoms with van der Waals surface area (Å²) in [6.07, 6.45) is 2.53. The van der Waals surface area contributed by atoms with Crippen molar-refractivity contribution >= 4 is 70.6 Å². The third kappa shape index (κ3) is 25.4. The molecular formula is C68H120N8O15. The van der Waals surface area contributed by atoms with E-state index in [2.05, 4.69) is 10.6 Å². The minimum absolute atomic E-state index is 0.00863. The first-order chi connectivity index (χ1) is 42.0. The molecule has 0 saturated heterocycles. The lowest BCUT2D eigenvalue weighted by atomic mass is 9.83. The molecule has 0 aromatic carbocycles. The summed E-state index contributed by atoms with van der Waals surface area (Å²) in [6, 6.07) is -8.85. The molecular weight excluding hydrogens is 1170 g/mol. The first-order valence-corrected chi connectivity index (χ1v) is 32.7. The van der Waals surface area contributed by atoms with E-state index in [9.17, 15) is 48.3 Å². The molecule has 0 aliphatic carbocycles. The molecule has 0 fully saturated rings. The van der Waals surface area contributed by atoms with Gasteiger partial charge in [-0.15, -0.1) is 0 Å². The van der Waals surface area contributed by atoms with Gasteiger partial charge in [0.25, 0.3) is 0 Å². The third-order valence-electron chi connectivity index (χ3n) is 17.5. The molecule has 14 atom stereocenters. The van der Waals surface area contributed by atoms with Crippen molar-refractivity contribution in [1.29, 1.82) is 0 Å². The Morgan fingerprint density at radius 1 is 0.505 bits per heavy atom. The Balaban J connectivity index is 7.07. The number of aliphatic carboxylic acids is 1. The first kappa shape index (κ1) is 84.9. The van der Waals surface area contributed by atoms with Crippen molar-refractivity contribution in [2.75, 3.05) is 63.1 Å². The fourth-order valence-electron chi connectivity index (χ4n) is 11.8. The van der Waals surface area contributed by atoms with Crippen LogP contribution >= 0.6 is 0 Å². The highest BCUT2D eigenvalue weighted by molar-refractivity contribution is 5.99. The van der Waals surface area contributed by atoms with Crippen LogP contribution in [0.5, 0.6) is 0 Å². The van der Waals surface area contributed by atoms with Gasteiger partial charge in [0.05, 0.1) is 24.7 Å². The van der Waals surface area contributed by atoms with E-state index in [1.165, 1.54) is 66.8 Å². The fourth-order valence-corrected chi connectivity index (χ4v) is 11.8. The molecule has 522 valence electrons. The molecule has 23 nitrogen and oxygen atoms in total. The second kappa shape index (κ2) is 40.1. The molecule has 7 amide bonds. The number of ether oxygens (including phenoxy) is 2. The number of allylic oxidation sites excluding steroid dienone is 2. The number of carbonyl (C=O) groups is 12. The molecule has 91 heavy (non-hydrogen) atoms. The standard InChI is InChI=1S/C68H120N8O15/c1-27-29-30-43(13)60(91-48(18)77)59(61(81)70-50(28-2)68(88)89)76(25)67(87)57(42(11)12)74(23)66(86)53(33-40(7)8)73(22)65(85)52(32-39(5)6)72(21)62(82)45(15)35-54(78)44(14)34-55(79)51(31-38(3)4)71(20)64(84)49(41(9)10)36-56(80)58(46(16)37-90-26)75(24)63(83)47(17)69-19/h27,29,38-47,49-53,57-60,69H,28,30-37H2,1-26H3,(H,70,81)(H,88,89)/b29-27+/t43-,44-,45+,46-,47-,49+,50+,51+,52+,53+,57+,58+,59+,60-/m1/s1. The summed E-state index contributed by atoms with van der Waals surface area (Å²) in [6.45, 7) is 31.5. The summed E-state index contributed by atoms with van der Waals surface area (Å²) in [5, 5.41) is 15.3. The number of likely N-dealkylation sites (N-methyl/N-ethyl adjacent to an activating group) is 7. The average Bonchev–Trinajstić information content (AvgIpc) is 0.846. The van der Waals surface area contributed by atoms with Crippen molar-refractivity contribution in [3.05, 3.63) is 12.2 Å². The number of hydrogen-bond donors (Lipinski definition) is 3. The minimum Gasteiger partial charge on any atom is -0.480 e. The predicted octanol–water partition coefficient (Wildman–Crippen LogP) is 6.57. The van der Waals surface area contributed by atoms with Crippen molar-refractivity contribution in [1.82, 2.24) is 40.0 Å². The lowest BCUT2D eigenvalue weighted by molar-refractivity contribution is -0.164. The van der Waals surface area contributed by atoms with E-state index >= 15 is 14.4 Å². The number of hydrogen-bond acceptors (Lipinski definition) is 15. The molecule has 0 radical (unpaired) electrons. The lowest BCUT2D eigenvalue weighted by Crippen LogP contribution is -2.63. The molecule has 0 spiro atoms. The zero-order valence-corrected chi connectivity index (χ0v) is 60.3. The number of nitrogens with zero attached hydrogens (tertiary/aromatic N) is 6. The predicted molar refractivity (Wildman–Crippen MR) is 352 cm³/mol. The second-order valence-corrected chi connectivity index (χ2v) is 27.5. The molecule has 0 bridgehead atoms.